The minimum atomic E-state index is -0.924. The second-order valence-corrected chi connectivity index (χ2v) is 12.6. The smallest absolute Gasteiger partial charge is 0.294 e. The van der Waals surface area contributed by atoms with E-state index in [-0.39, 0.29) is 0 Å². The second-order valence-electron chi connectivity index (χ2n) is 12.6. The summed E-state index contributed by atoms with van der Waals surface area (Å²) in [7, 11) is 8.26. The molecule has 0 saturated carbocycles. The Morgan fingerprint density at radius 2 is 1.05 bits per heavy atom. The molecule has 0 saturated heterocycles. The molecule has 0 aliphatic heterocycles. The first-order valence-electron chi connectivity index (χ1n) is 15.2. The van der Waals surface area contributed by atoms with Gasteiger partial charge in [-0.3, -0.25) is 0 Å². The molecule has 224 valence electrons. The highest BCUT2D eigenvalue weighted by molar-refractivity contribution is 5.61. The van der Waals surface area contributed by atoms with Crippen LogP contribution in [0.15, 0.2) is 85.2 Å². The number of hydrogen-bond donors (Lipinski definition) is 0. The summed E-state index contributed by atoms with van der Waals surface area (Å²) < 4.78 is 4.67. The van der Waals surface area contributed by atoms with Gasteiger partial charge in [-0.15, -0.1) is 6.42 Å². The van der Waals surface area contributed by atoms with Gasteiger partial charge in [0.2, 0.25) is 0 Å². The summed E-state index contributed by atoms with van der Waals surface area (Å²) in [4.78, 5) is 4.24. The predicted molar refractivity (Wildman–Crippen MR) is 186 cm³/mol. The van der Waals surface area contributed by atoms with E-state index in [9.17, 15) is 0 Å². The molecule has 0 N–H and O–H groups in total. The van der Waals surface area contributed by atoms with Crippen LogP contribution in [0.4, 0.5) is 11.4 Å². The molecule has 4 aromatic carbocycles. The fourth-order valence-electron chi connectivity index (χ4n) is 6.89. The van der Waals surface area contributed by atoms with Crippen LogP contribution in [-0.2, 0) is 5.41 Å². The molecule has 5 rings (SSSR count). The third-order valence-corrected chi connectivity index (χ3v) is 8.76. The highest BCUT2D eigenvalue weighted by Crippen LogP contribution is 2.41. The summed E-state index contributed by atoms with van der Waals surface area (Å²) >= 11 is 0. The topological polar surface area (TPSA) is 15.3 Å². The Bertz CT molecular complexity index is 1690. The molecule has 0 amide bonds. The highest BCUT2D eigenvalue weighted by atomic mass is 15.2. The summed E-state index contributed by atoms with van der Waals surface area (Å²) in [6.45, 7) is 13.1. The van der Waals surface area contributed by atoms with Crippen LogP contribution < -0.4 is 14.4 Å². The lowest BCUT2D eigenvalue weighted by Crippen LogP contribution is -2.46. The van der Waals surface area contributed by atoms with Gasteiger partial charge in [0.1, 0.15) is 23.8 Å². The van der Waals surface area contributed by atoms with Gasteiger partial charge in [-0.25, -0.2) is 0 Å². The lowest BCUT2D eigenvalue weighted by molar-refractivity contribution is -0.606. The van der Waals surface area contributed by atoms with Crippen molar-refractivity contribution in [3.8, 4) is 23.7 Å². The largest absolute Gasteiger partial charge is 0.378 e. The lowest BCUT2D eigenvalue weighted by atomic mass is 9.73. The first-order chi connectivity index (χ1) is 20.9. The summed E-state index contributed by atoms with van der Waals surface area (Å²) in [6.07, 6.45) is 11.2. The molecule has 0 aliphatic rings. The fourth-order valence-corrected chi connectivity index (χ4v) is 6.89. The first-order valence-corrected chi connectivity index (χ1v) is 15.2. The minimum Gasteiger partial charge on any atom is -0.378 e. The SMILES string of the molecule is C#CC(c1ccc(N(C)C)cc1)(c1ccc(N(C)C)cc1)c1n(-c2c(C)cc(C)cc2C)cc[n+]1-c1c(C)cc(C)cc1C. The van der Waals surface area contributed by atoms with Crippen LogP contribution in [0.25, 0.3) is 11.4 Å². The van der Waals surface area contributed by atoms with Crippen molar-refractivity contribution < 1.29 is 4.57 Å². The molecule has 44 heavy (non-hydrogen) atoms. The van der Waals surface area contributed by atoms with Gasteiger partial charge in [0.25, 0.3) is 5.82 Å². The van der Waals surface area contributed by atoms with Gasteiger partial charge < -0.3 is 9.80 Å². The number of aromatic nitrogens is 2. The standard InChI is InChI=1S/C40H45N4/c1-12-40(33-13-17-35(18-14-33)41(8)9,34-15-19-36(20-16-34)42(10)11)39-43(37-29(4)23-27(2)24-30(37)5)21-22-44(39)38-31(6)25-28(3)26-32(38)7/h1,13-26H,2-11H3/q+1. The Hall–Kier alpha value is -4.75. The van der Waals surface area contributed by atoms with Crippen LogP contribution >= 0.6 is 0 Å². The number of anilines is 2. The Morgan fingerprint density at radius 3 is 1.43 bits per heavy atom. The zero-order chi connectivity index (χ0) is 31.9. The van der Waals surface area contributed by atoms with E-state index in [0.29, 0.717) is 0 Å². The Balaban J connectivity index is 1.98. The molecule has 0 bridgehead atoms. The minimum absolute atomic E-state index is 0.924. The van der Waals surface area contributed by atoms with E-state index < -0.39 is 5.41 Å². The van der Waals surface area contributed by atoms with Crippen molar-refractivity contribution in [2.45, 2.75) is 47.0 Å². The van der Waals surface area contributed by atoms with E-state index in [2.05, 4.69) is 180 Å². The van der Waals surface area contributed by atoms with E-state index in [0.717, 1.165) is 39.7 Å². The summed E-state index contributed by atoms with van der Waals surface area (Å²) in [5.74, 6) is 4.40. The predicted octanol–water partition coefficient (Wildman–Crippen LogP) is 7.70. The third kappa shape index (κ3) is 5.18. The monoisotopic (exact) mass is 581 g/mol. The number of rotatable bonds is 7. The summed E-state index contributed by atoms with van der Waals surface area (Å²) in [5, 5.41) is 0. The van der Waals surface area contributed by atoms with Gasteiger partial charge in [-0.2, -0.15) is 9.13 Å². The van der Waals surface area contributed by atoms with Crippen LogP contribution in [0.3, 0.4) is 0 Å². The van der Waals surface area contributed by atoms with Crippen molar-refractivity contribution in [1.82, 2.24) is 4.57 Å². The van der Waals surface area contributed by atoms with Crippen molar-refractivity contribution in [3.05, 3.63) is 136 Å². The fraction of sp³-hybridized carbons (Fsp3) is 0.275. The van der Waals surface area contributed by atoms with E-state index in [4.69, 9.17) is 6.42 Å². The maximum Gasteiger partial charge on any atom is 0.294 e. The number of benzene rings is 4. The molecule has 1 aromatic heterocycles. The number of imidazole rings is 1. The van der Waals surface area contributed by atoms with Gasteiger partial charge in [-0.05, 0) is 99.2 Å². The number of aryl methyl sites for hydroxylation is 6. The van der Waals surface area contributed by atoms with Crippen molar-refractivity contribution >= 4 is 11.4 Å². The molecule has 5 aromatic rings. The number of hydrogen-bond acceptors (Lipinski definition) is 2. The molecular formula is C40H45N4+. The molecule has 0 unspecified atom stereocenters. The molecule has 0 atom stereocenters. The Morgan fingerprint density at radius 1 is 0.636 bits per heavy atom. The van der Waals surface area contributed by atoms with E-state index in [1.165, 1.54) is 33.4 Å². The normalized spacial score (nSPS) is 11.4. The average Bonchev–Trinajstić information content (AvgIpc) is 3.37. The molecule has 0 radical (unpaired) electrons. The molecule has 0 aliphatic carbocycles. The van der Waals surface area contributed by atoms with Crippen LogP contribution in [-0.4, -0.2) is 32.8 Å². The number of terminal acetylenes is 1. The van der Waals surface area contributed by atoms with Gasteiger partial charge in [0.15, 0.2) is 5.41 Å². The second kappa shape index (κ2) is 11.7. The van der Waals surface area contributed by atoms with Gasteiger partial charge in [0, 0.05) is 39.6 Å². The molecule has 0 fully saturated rings. The summed E-state index contributed by atoms with van der Waals surface area (Å²) in [5.41, 5.74) is 13.1. The van der Waals surface area contributed by atoms with E-state index in [1.54, 1.807) is 0 Å². The Kier molecular flexibility index (Phi) is 8.19. The van der Waals surface area contributed by atoms with Gasteiger partial charge >= 0.3 is 0 Å². The van der Waals surface area contributed by atoms with Crippen molar-refractivity contribution in [2.24, 2.45) is 0 Å². The highest BCUT2D eigenvalue weighted by Gasteiger charge is 2.47. The van der Waals surface area contributed by atoms with Crippen molar-refractivity contribution in [3.63, 3.8) is 0 Å². The summed E-state index contributed by atoms with van der Waals surface area (Å²) in [6, 6.07) is 26.5. The van der Waals surface area contributed by atoms with Crippen LogP contribution in [0.2, 0.25) is 0 Å². The molecule has 4 heteroatoms. The van der Waals surface area contributed by atoms with E-state index in [1.807, 2.05) is 0 Å². The molecular weight excluding hydrogens is 536 g/mol. The van der Waals surface area contributed by atoms with Gasteiger partial charge in [0.05, 0.1) is 0 Å². The molecule has 4 nitrogen and oxygen atoms in total. The average molecular weight is 582 g/mol. The maximum absolute atomic E-state index is 6.86. The van der Waals surface area contributed by atoms with Crippen molar-refractivity contribution in [2.75, 3.05) is 38.0 Å². The van der Waals surface area contributed by atoms with Crippen LogP contribution in [0.5, 0.6) is 0 Å². The number of nitrogens with zero attached hydrogens (tertiary/aromatic N) is 4. The van der Waals surface area contributed by atoms with Crippen molar-refractivity contribution in [1.29, 1.82) is 0 Å². The molecule has 0 spiro atoms. The van der Waals surface area contributed by atoms with E-state index >= 15 is 0 Å². The van der Waals surface area contributed by atoms with Gasteiger partial charge in [-0.1, -0.05) is 65.6 Å². The zero-order valence-electron chi connectivity index (χ0n) is 27.9. The lowest BCUT2D eigenvalue weighted by Gasteiger charge is -2.29. The zero-order valence-corrected chi connectivity index (χ0v) is 27.9. The van der Waals surface area contributed by atoms with Crippen LogP contribution in [0.1, 0.15) is 50.3 Å². The quantitative estimate of drug-likeness (QED) is 0.145. The first kappa shape index (κ1) is 30.7. The third-order valence-electron chi connectivity index (χ3n) is 8.76. The van der Waals surface area contributed by atoms with Crippen LogP contribution in [0, 0.1) is 53.9 Å². The molecule has 1 heterocycles. The maximum atomic E-state index is 6.86. The Labute approximate surface area is 264 Å².